The molecule has 1 heterocycles. The van der Waals surface area contributed by atoms with E-state index in [9.17, 15) is 9.59 Å². The number of hydrogen-bond donors (Lipinski definition) is 2. The van der Waals surface area contributed by atoms with Crippen molar-refractivity contribution in [2.45, 2.75) is 33.6 Å². The molecule has 0 radical (unpaired) electrons. The average molecular weight is 256 g/mol. The Labute approximate surface area is 104 Å². The summed E-state index contributed by atoms with van der Waals surface area (Å²) in [4.78, 5) is 22.0. The van der Waals surface area contributed by atoms with Crippen LogP contribution in [-0.4, -0.2) is 22.2 Å². The Bertz CT molecular complexity index is 440. The van der Waals surface area contributed by atoms with Gasteiger partial charge >= 0.3 is 11.9 Å². The molecule has 0 saturated carbocycles. The molecule has 0 fully saturated rings. The van der Waals surface area contributed by atoms with E-state index >= 15 is 0 Å². The molecule has 0 aromatic carbocycles. The molecule has 0 saturated heterocycles. The second-order valence-corrected chi connectivity index (χ2v) is 6.19. The first-order valence-corrected chi connectivity index (χ1v) is 6.11. The SMILES string of the molecule is CC(C)(C)CCc1cc(C(=O)O)sc1C(=O)O. The number of carbonyl (C=O) groups is 2. The fraction of sp³-hybridized carbons (Fsp3) is 0.500. The van der Waals surface area contributed by atoms with E-state index in [4.69, 9.17) is 10.2 Å². The van der Waals surface area contributed by atoms with Gasteiger partial charge in [-0.05, 0) is 29.9 Å². The molecule has 0 aliphatic carbocycles. The highest BCUT2D eigenvalue weighted by Gasteiger charge is 2.20. The van der Waals surface area contributed by atoms with Crippen molar-refractivity contribution in [1.29, 1.82) is 0 Å². The molecule has 0 atom stereocenters. The first-order valence-electron chi connectivity index (χ1n) is 5.30. The van der Waals surface area contributed by atoms with Crippen LogP contribution in [0.5, 0.6) is 0 Å². The quantitative estimate of drug-likeness (QED) is 0.868. The minimum atomic E-state index is -1.07. The molecule has 0 amide bonds. The van der Waals surface area contributed by atoms with Gasteiger partial charge in [-0.2, -0.15) is 0 Å². The largest absolute Gasteiger partial charge is 0.477 e. The molecule has 94 valence electrons. The molecule has 0 aliphatic heterocycles. The second-order valence-electron chi connectivity index (χ2n) is 5.14. The Kier molecular flexibility index (Phi) is 3.93. The molecule has 0 bridgehead atoms. The van der Waals surface area contributed by atoms with Crippen LogP contribution in [0.3, 0.4) is 0 Å². The van der Waals surface area contributed by atoms with Gasteiger partial charge in [-0.1, -0.05) is 20.8 Å². The van der Waals surface area contributed by atoms with Gasteiger partial charge in [0.2, 0.25) is 0 Å². The van der Waals surface area contributed by atoms with Crippen LogP contribution in [-0.2, 0) is 6.42 Å². The second kappa shape index (κ2) is 4.87. The summed E-state index contributed by atoms with van der Waals surface area (Å²) in [5.41, 5.74) is 0.719. The van der Waals surface area contributed by atoms with E-state index in [-0.39, 0.29) is 15.2 Å². The van der Waals surface area contributed by atoms with Gasteiger partial charge in [0.1, 0.15) is 9.75 Å². The zero-order valence-electron chi connectivity index (χ0n) is 10.1. The highest BCUT2D eigenvalue weighted by molar-refractivity contribution is 7.15. The summed E-state index contributed by atoms with van der Waals surface area (Å²) in [5.74, 6) is -2.12. The minimum absolute atomic E-state index is 0.0892. The van der Waals surface area contributed by atoms with Crippen LogP contribution in [0.2, 0.25) is 0 Å². The maximum atomic E-state index is 11.0. The van der Waals surface area contributed by atoms with Crippen molar-refractivity contribution in [3.05, 3.63) is 21.4 Å². The average Bonchev–Trinajstić information content (AvgIpc) is 2.57. The molecule has 4 nitrogen and oxygen atoms in total. The van der Waals surface area contributed by atoms with E-state index in [1.54, 1.807) is 0 Å². The maximum Gasteiger partial charge on any atom is 0.346 e. The van der Waals surface area contributed by atoms with Crippen molar-refractivity contribution in [2.24, 2.45) is 5.41 Å². The third-order valence-electron chi connectivity index (χ3n) is 2.36. The number of carboxylic acid groups (broad SMARTS) is 2. The van der Waals surface area contributed by atoms with Crippen LogP contribution in [0.15, 0.2) is 6.07 Å². The summed E-state index contributed by atoms with van der Waals surface area (Å²) in [6.45, 7) is 6.20. The van der Waals surface area contributed by atoms with Crippen molar-refractivity contribution in [3.63, 3.8) is 0 Å². The van der Waals surface area contributed by atoms with E-state index in [2.05, 4.69) is 20.8 Å². The first-order chi connectivity index (χ1) is 7.70. The molecule has 5 heteroatoms. The fourth-order valence-electron chi connectivity index (χ4n) is 1.41. The van der Waals surface area contributed by atoms with Crippen LogP contribution in [0.25, 0.3) is 0 Å². The van der Waals surface area contributed by atoms with E-state index in [1.165, 1.54) is 6.07 Å². The summed E-state index contributed by atoms with van der Waals surface area (Å²) in [6.07, 6.45) is 1.41. The Hall–Kier alpha value is -1.36. The smallest absolute Gasteiger partial charge is 0.346 e. The lowest BCUT2D eigenvalue weighted by Gasteiger charge is -2.17. The Morgan fingerprint density at radius 3 is 2.24 bits per heavy atom. The Morgan fingerprint density at radius 2 is 1.82 bits per heavy atom. The van der Waals surface area contributed by atoms with Crippen LogP contribution >= 0.6 is 11.3 Å². The van der Waals surface area contributed by atoms with Crippen molar-refractivity contribution in [1.82, 2.24) is 0 Å². The molecule has 0 spiro atoms. The predicted molar refractivity (Wildman–Crippen MR) is 66.0 cm³/mol. The Morgan fingerprint density at radius 1 is 1.24 bits per heavy atom. The normalized spacial score (nSPS) is 11.5. The van der Waals surface area contributed by atoms with Gasteiger partial charge in [0.25, 0.3) is 0 Å². The topological polar surface area (TPSA) is 74.6 Å². The number of aromatic carboxylic acids is 2. The number of carboxylic acids is 2. The lowest BCUT2D eigenvalue weighted by atomic mass is 9.89. The lowest BCUT2D eigenvalue weighted by Crippen LogP contribution is -2.07. The van der Waals surface area contributed by atoms with Crippen LogP contribution < -0.4 is 0 Å². The molecule has 2 N–H and O–H groups in total. The molecule has 1 rings (SSSR count). The molecule has 1 aromatic rings. The first kappa shape index (κ1) is 13.7. The summed E-state index contributed by atoms with van der Waals surface area (Å²) >= 11 is 0.827. The van der Waals surface area contributed by atoms with Gasteiger partial charge in [-0.25, -0.2) is 9.59 Å². The zero-order chi connectivity index (χ0) is 13.2. The van der Waals surface area contributed by atoms with Crippen molar-refractivity contribution >= 4 is 23.3 Å². The highest BCUT2D eigenvalue weighted by Crippen LogP contribution is 2.28. The third kappa shape index (κ3) is 3.85. The van der Waals surface area contributed by atoms with E-state index in [0.29, 0.717) is 12.0 Å². The maximum absolute atomic E-state index is 11.0. The van der Waals surface area contributed by atoms with Gasteiger partial charge in [0, 0.05) is 0 Å². The predicted octanol–water partition coefficient (Wildman–Crippen LogP) is 3.12. The molecule has 1 aromatic heterocycles. The van der Waals surface area contributed by atoms with Crippen molar-refractivity contribution in [2.75, 3.05) is 0 Å². The minimum Gasteiger partial charge on any atom is -0.477 e. The summed E-state index contributed by atoms with van der Waals surface area (Å²) in [6, 6.07) is 1.47. The van der Waals surface area contributed by atoms with Crippen LogP contribution in [0.4, 0.5) is 0 Å². The van der Waals surface area contributed by atoms with Crippen molar-refractivity contribution < 1.29 is 19.8 Å². The zero-order valence-corrected chi connectivity index (χ0v) is 10.9. The molecular weight excluding hydrogens is 240 g/mol. The number of rotatable bonds is 4. The molecule has 0 aliphatic rings. The molecular formula is C12H16O4S. The van der Waals surface area contributed by atoms with Crippen LogP contribution in [0, 0.1) is 5.41 Å². The number of aryl methyl sites for hydroxylation is 1. The van der Waals surface area contributed by atoms with E-state index in [0.717, 1.165) is 17.8 Å². The monoisotopic (exact) mass is 256 g/mol. The summed E-state index contributed by atoms with van der Waals surface area (Å²) in [7, 11) is 0. The highest BCUT2D eigenvalue weighted by atomic mass is 32.1. The fourth-order valence-corrected chi connectivity index (χ4v) is 2.30. The van der Waals surface area contributed by atoms with Gasteiger partial charge in [0.15, 0.2) is 0 Å². The van der Waals surface area contributed by atoms with Gasteiger partial charge in [-0.15, -0.1) is 11.3 Å². The third-order valence-corrected chi connectivity index (χ3v) is 3.51. The van der Waals surface area contributed by atoms with Crippen molar-refractivity contribution in [3.8, 4) is 0 Å². The number of hydrogen-bond acceptors (Lipinski definition) is 3. The van der Waals surface area contributed by atoms with Gasteiger partial charge in [-0.3, -0.25) is 0 Å². The van der Waals surface area contributed by atoms with Gasteiger partial charge in [0.05, 0.1) is 0 Å². The van der Waals surface area contributed by atoms with Crippen LogP contribution in [0.1, 0.15) is 52.1 Å². The standard InChI is InChI=1S/C12H16O4S/c1-12(2,3)5-4-7-6-8(10(13)14)17-9(7)11(15)16/h6H,4-5H2,1-3H3,(H,13,14)(H,15,16). The van der Waals surface area contributed by atoms with E-state index < -0.39 is 11.9 Å². The van der Waals surface area contributed by atoms with E-state index in [1.807, 2.05) is 0 Å². The van der Waals surface area contributed by atoms with Gasteiger partial charge < -0.3 is 10.2 Å². The lowest BCUT2D eigenvalue weighted by molar-refractivity contribution is 0.0692. The summed E-state index contributed by atoms with van der Waals surface area (Å²) < 4.78 is 0. The number of thiophene rings is 1. The molecule has 0 unspecified atom stereocenters. The Balaban J connectivity index is 2.97. The molecule has 17 heavy (non-hydrogen) atoms. The summed E-state index contributed by atoms with van der Waals surface area (Å²) in [5, 5.41) is 17.9.